The van der Waals surface area contributed by atoms with E-state index in [0.29, 0.717) is 10.4 Å². The Labute approximate surface area is 89.3 Å². The molecule has 0 N–H and O–H groups in total. The lowest BCUT2D eigenvalue weighted by atomic mass is 10.6. The summed E-state index contributed by atoms with van der Waals surface area (Å²) in [6.07, 6.45) is 1.47. The van der Waals surface area contributed by atoms with Crippen LogP contribution in [0.2, 0.25) is 5.15 Å². The quantitative estimate of drug-likeness (QED) is 0.607. The van der Waals surface area contributed by atoms with E-state index in [-0.39, 0.29) is 0 Å². The monoisotopic (exact) mass is 266 g/mol. The van der Waals surface area contributed by atoms with Crippen LogP contribution in [0.15, 0.2) is 15.8 Å². The average Bonchev–Trinajstić information content (AvgIpc) is 1.98. The van der Waals surface area contributed by atoms with Crippen molar-refractivity contribution in [3.05, 3.63) is 16.0 Å². The van der Waals surface area contributed by atoms with Crippen molar-refractivity contribution in [2.24, 2.45) is 0 Å². The lowest BCUT2D eigenvalue weighted by molar-refractivity contribution is 1.01. The molecule has 0 fully saturated rings. The van der Waals surface area contributed by atoms with Gasteiger partial charge in [0, 0.05) is 5.25 Å². The van der Waals surface area contributed by atoms with Gasteiger partial charge in [0.15, 0.2) is 0 Å². The Morgan fingerprint density at radius 3 is 2.75 bits per heavy atom. The third-order valence-corrected chi connectivity index (χ3v) is 3.59. The Morgan fingerprint density at radius 1 is 1.50 bits per heavy atom. The van der Waals surface area contributed by atoms with E-state index in [0.717, 1.165) is 9.50 Å². The molecular weight excluding hydrogens is 260 g/mol. The summed E-state index contributed by atoms with van der Waals surface area (Å²) in [6, 6.07) is 0. The van der Waals surface area contributed by atoms with Crippen LogP contribution in [-0.2, 0) is 0 Å². The van der Waals surface area contributed by atoms with Crippen LogP contribution in [0.5, 0.6) is 0 Å². The molecule has 1 aromatic heterocycles. The lowest BCUT2D eigenvalue weighted by Gasteiger charge is -2.05. The van der Waals surface area contributed by atoms with Crippen molar-refractivity contribution in [1.82, 2.24) is 9.97 Å². The summed E-state index contributed by atoms with van der Waals surface area (Å²) in [7, 11) is 0. The SMILES string of the molecule is CC(C)Sc1ncnc(Cl)c1Br. The molecule has 0 aromatic carbocycles. The largest absolute Gasteiger partial charge is 0.229 e. The molecule has 0 bridgehead atoms. The standard InChI is InChI=1S/C7H8BrClN2S/c1-4(2)12-7-5(8)6(9)10-3-11-7/h3-4H,1-2H3. The Hall–Kier alpha value is 0.200. The maximum Gasteiger partial charge on any atom is 0.147 e. The van der Waals surface area contributed by atoms with Gasteiger partial charge in [-0.2, -0.15) is 0 Å². The summed E-state index contributed by atoms with van der Waals surface area (Å²) in [4.78, 5) is 7.94. The molecule has 0 atom stereocenters. The van der Waals surface area contributed by atoms with E-state index < -0.39 is 0 Å². The van der Waals surface area contributed by atoms with Crippen LogP contribution in [0.1, 0.15) is 13.8 Å². The van der Waals surface area contributed by atoms with Crippen molar-refractivity contribution in [2.45, 2.75) is 24.1 Å². The Kier molecular flexibility index (Phi) is 3.80. The molecule has 1 heterocycles. The molecule has 0 aliphatic rings. The van der Waals surface area contributed by atoms with E-state index in [1.807, 2.05) is 0 Å². The molecule has 12 heavy (non-hydrogen) atoms. The molecule has 0 spiro atoms. The number of thioether (sulfide) groups is 1. The van der Waals surface area contributed by atoms with Gasteiger partial charge < -0.3 is 0 Å². The van der Waals surface area contributed by atoms with Gasteiger partial charge >= 0.3 is 0 Å². The number of hydrogen-bond donors (Lipinski definition) is 0. The molecule has 1 rings (SSSR count). The van der Waals surface area contributed by atoms with Crippen molar-refractivity contribution >= 4 is 39.3 Å². The van der Waals surface area contributed by atoms with Gasteiger partial charge in [-0.05, 0) is 15.9 Å². The highest BCUT2D eigenvalue weighted by molar-refractivity contribution is 9.10. The second kappa shape index (κ2) is 4.44. The van der Waals surface area contributed by atoms with E-state index in [9.17, 15) is 0 Å². The maximum atomic E-state index is 5.79. The van der Waals surface area contributed by atoms with Crippen LogP contribution in [0.25, 0.3) is 0 Å². The predicted molar refractivity (Wildman–Crippen MR) is 55.7 cm³/mol. The molecule has 0 saturated heterocycles. The van der Waals surface area contributed by atoms with E-state index in [2.05, 4.69) is 39.7 Å². The van der Waals surface area contributed by atoms with E-state index in [1.54, 1.807) is 11.8 Å². The lowest BCUT2D eigenvalue weighted by Crippen LogP contribution is -1.91. The first kappa shape index (κ1) is 10.3. The molecular formula is C7H8BrClN2S. The van der Waals surface area contributed by atoms with E-state index in [4.69, 9.17) is 11.6 Å². The molecule has 0 aliphatic carbocycles. The topological polar surface area (TPSA) is 25.8 Å². The van der Waals surface area contributed by atoms with Gasteiger partial charge in [-0.15, -0.1) is 11.8 Å². The van der Waals surface area contributed by atoms with Crippen LogP contribution in [-0.4, -0.2) is 15.2 Å². The van der Waals surface area contributed by atoms with Crippen LogP contribution < -0.4 is 0 Å². The maximum absolute atomic E-state index is 5.79. The van der Waals surface area contributed by atoms with Crippen molar-refractivity contribution in [3.63, 3.8) is 0 Å². The average molecular weight is 268 g/mol. The van der Waals surface area contributed by atoms with Gasteiger partial charge in [0.2, 0.25) is 0 Å². The fourth-order valence-electron chi connectivity index (χ4n) is 0.639. The van der Waals surface area contributed by atoms with Crippen molar-refractivity contribution in [1.29, 1.82) is 0 Å². The van der Waals surface area contributed by atoms with E-state index in [1.165, 1.54) is 6.33 Å². The number of rotatable bonds is 2. The first-order valence-electron chi connectivity index (χ1n) is 3.44. The summed E-state index contributed by atoms with van der Waals surface area (Å²) in [5.41, 5.74) is 0. The van der Waals surface area contributed by atoms with Crippen LogP contribution in [0.3, 0.4) is 0 Å². The van der Waals surface area contributed by atoms with Gasteiger partial charge in [-0.1, -0.05) is 25.4 Å². The Bertz CT molecular complexity index is 280. The van der Waals surface area contributed by atoms with Gasteiger partial charge in [0.05, 0.1) is 4.47 Å². The minimum absolute atomic E-state index is 0.466. The predicted octanol–water partition coefficient (Wildman–Crippen LogP) is 3.39. The minimum Gasteiger partial charge on any atom is -0.229 e. The first-order chi connectivity index (χ1) is 5.61. The number of aromatic nitrogens is 2. The van der Waals surface area contributed by atoms with Crippen molar-refractivity contribution in [2.75, 3.05) is 0 Å². The highest BCUT2D eigenvalue weighted by Crippen LogP contribution is 2.31. The number of hydrogen-bond acceptors (Lipinski definition) is 3. The number of halogens is 2. The molecule has 2 nitrogen and oxygen atoms in total. The van der Waals surface area contributed by atoms with Gasteiger partial charge in [-0.25, -0.2) is 9.97 Å². The van der Waals surface area contributed by atoms with Crippen LogP contribution in [0, 0.1) is 0 Å². The second-order valence-corrected chi connectivity index (χ2v) is 5.17. The van der Waals surface area contributed by atoms with Gasteiger partial charge in [0.25, 0.3) is 0 Å². The molecule has 0 aliphatic heterocycles. The van der Waals surface area contributed by atoms with Crippen molar-refractivity contribution in [3.8, 4) is 0 Å². The summed E-state index contributed by atoms with van der Waals surface area (Å²) in [5.74, 6) is 0. The second-order valence-electron chi connectivity index (χ2n) is 2.45. The normalized spacial score (nSPS) is 10.8. The molecule has 5 heteroatoms. The molecule has 66 valence electrons. The van der Waals surface area contributed by atoms with Crippen molar-refractivity contribution < 1.29 is 0 Å². The minimum atomic E-state index is 0.466. The Morgan fingerprint density at radius 2 is 2.17 bits per heavy atom. The third kappa shape index (κ3) is 2.61. The zero-order valence-corrected chi connectivity index (χ0v) is 9.87. The molecule has 1 aromatic rings. The van der Waals surface area contributed by atoms with E-state index >= 15 is 0 Å². The Balaban J connectivity index is 2.92. The smallest absolute Gasteiger partial charge is 0.147 e. The highest BCUT2D eigenvalue weighted by atomic mass is 79.9. The molecule has 0 radical (unpaired) electrons. The first-order valence-corrected chi connectivity index (χ1v) is 5.49. The molecule has 0 amide bonds. The summed E-state index contributed by atoms with van der Waals surface area (Å²) in [5, 5.41) is 1.85. The fourth-order valence-corrected chi connectivity index (χ4v) is 2.07. The summed E-state index contributed by atoms with van der Waals surface area (Å²) >= 11 is 10.8. The molecule has 0 saturated carbocycles. The zero-order chi connectivity index (χ0) is 9.14. The van der Waals surface area contributed by atoms with Gasteiger partial charge in [0.1, 0.15) is 16.5 Å². The third-order valence-electron chi connectivity index (χ3n) is 1.06. The van der Waals surface area contributed by atoms with Gasteiger partial charge in [-0.3, -0.25) is 0 Å². The molecule has 0 unspecified atom stereocenters. The summed E-state index contributed by atoms with van der Waals surface area (Å²) < 4.78 is 0.783. The van der Waals surface area contributed by atoms with Crippen LogP contribution >= 0.6 is 39.3 Å². The summed E-state index contributed by atoms with van der Waals surface area (Å²) in [6.45, 7) is 4.21. The van der Waals surface area contributed by atoms with Crippen LogP contribution in [0.4, 0.5) is 0 Å². The zero-order valence-electron chi connectivity index (χ0n) is 6.71. The fraction of sp³-hybridized carbons (Fsp3) is 0.429. The highest BCUT2D eigenvalue weighted by Gasteiger charge is 2.08. The number of nitrogens with zero attached hydrogens (tertiary/aromatic N) is 2.